The lowest BCUT2D eigenvalue weighted by Crippen LogP contribution is -2.44. The molecule has 2 N–H and O–H groups in total. The molecule has 4 nitrogen and oxygen atoms in total. The van der Waals surface area contributed by atoms with Crippen LogP contribution in [0.1, 0.15) is 36.8 Å². The van der Waals surface area contributed by atoms with E-state index in [1.54, 1.807) is 36.0 Å². The van der Waals surface area contributed by atoms with Crippen molar-refractivity contribution >= 4 is 21.8 Å². The zero-order valence-corrected chi connectivity index (χ0v) is 13.9. The number of sulfonamides is 1. The van der Waals surface area contributed by atoms with Gasteiger partial charge in [0, 0.05) is 11.3 Å². The van der Waals surface area contributed by atoms with E-state index in [-0.39, 0.29) is 18.4 Å². The summed E-state index contributed by atoms with van der Waals surface area (Å²) >= 11 is 1.75. The van der Waals surface area contributed by atoms with Crippen LogP contribution in [-0.2, 0) is 22.4 Å². The average Bonchev–Trinajstić information content (AvgIpc) is 2.47. The number of hydrogen-bond acceptors (Lipinski definition) is 4. The third kappa shape index (κ3) is 4.98. The summed E-state index contributed by atoms with van der Waals surface area (Å²) in [4.78, 5) is 0. The Bertz CT molecular complexity index is 560. The Labute approximate surface area is 131 Å². The topological polar surface area (TPSA) is 66.4 Å². The molecular weight excluding hydrogens is 306 g/mol. The Hall–Kier alpha value is -0.560. The highest BCUT2D eigenvalue weighted by Crippen LogP contribution is 2.27. The molecule has 2 atom stereocenters. The Balaban J connectivity index is 2.03. The van der Waals surface area contributed by atoms with Gasteiger partial charge in [-0.05, 0) is 30.2 Å². The highest BCUT2D eigenvalue weighted by atomic mass is 32.2. The number of hydrogen-bond donors (Lipinski definition) is 2. The first-order valence-corrected chi connectivity index (χ1v) is 10.2. The molecule has 1 aromatic carbocycles. The highest BCUT2D eigenvalue weighted by Gasteiger charge is 2.28. The smallest absolute Gasteiger partial charge is 0.216 e. The molecule has 2 rings (SSSR count). The average molecular weight is 329 g/mol. The molecule has 0 amide bonds. The van der Waals surface area contributed by atoms with E-state index in [2.05, 4.69) is 4.72 Å². The number of nitrogens with one attached hydrogen (secondary N) is 1. The van der Waals surface area contributed by atoms with Crippen LogP contribution >= 0.6 is 11.8 Å². The van der Waals surface area contributed by atoms with Gasteiger partial charge in [-0.2, -0.15) is 11.8 Å². The quantitative estimate of drug-likeness (QED) is 0.840. The summed E-state index contributed by atoms with van der Waals surface area (Å²) in [7, 11) is -3.35. The number of rotatable bonds is 6. The summed E-state index contributed by atoms with van der Waals surface area (Å²) in [6.45, 7) is -0.0709. The van der Waals surface area contributed by atoms with E-state index in [1.807, 2.05) is 6.26 Å². The minimum absolute atomic E-state index is 0.0293. The molecule has 0 radical (unpaired) electrons. The fraction of sp³-hybridized carbons (Fsp3) is 0.600. The summed E-state index contributed by atoms with van der Waals surface area (Å²) in [5.74, 6) is -0.0293. The summed E-state index contributed by atoms with van der Waals surface area (Å²) in [6.07, 6.45) is 6.31. The second-order valence-electron chi connectivity index (χ2n) is 5.52. The van der Waals surface area contributed by atoms with Crippen molar-refractivity contribution in [2.75, 3.05) is 6.26 Å². The third-order valence-corrected chi connectivity index (χ3v) is 6.41. The Morgan fingerprint density at radius 2 is 2.00 bits per heavy atom. The predicted molar refractivity (Wildman–Crippen MR) is 87.7 cm³/mol. The molecule has 1 saturated carbocycles. The third-order valence-electron chi connectivity index (χ3n) is 3.87. The first kappa shape index (κ1) is 16.8. The molecule has 0 aliphatic heterocycles. The van der Waals surface area contributed by atoms with Crippen molar-refractivity contribution < 1.29 is 13.5 Å². The lowest BCUT2D eigenvalue weighted by atomic mass is 9.96. The lowest BCUT2D eigenvalue weighted by molar-refractivity contribution is 0.282. The van der Waals surface area contributed by atoms with Gasteiger partial charge in [0.1, 0.15) is 0 Å². The SMILES string of the molecule is CSC1CCCCC1NS(=O)(=O)Cc1cccc(CO)c1. The zero-order valence-electron chi connectivity index (χ0n) is 12.3. The van der Waals surface area contributed by atoms with E-state index in [4.69, 9.17) is 5.11 Å². The molecule has 21 heavy (non-hydrogen) atoms. The van der Waals surface area contributed by atoms with Crippen molar-refractivity contribution in [3.63, 3.8) is 0 Å². The monoisotopic (exact) mass is 329 g/mol. The van der Waals surface area contributed by atoms with Gasteiger partial charge in [0.2, 0.25) is 10.0 Å². The second kappa shape index (κ2) is 7.63. The van der Waals surface area contributed by atoms with Crippen LogP contribution in [0.3, 0.4) is 0 Å². The molecule has 0 saturated heterocycles. The normalized spacial score (nSPS) is 23.1. The van der Waals surface area contributed by atoms with Crippen molar-refractivity contribution in [2.24, 2.45) is 0 Å². The van der Waals surface area contributed by atoms with Crippen LogP contribution in [-0.4, -0.2) is 31.1 Å². The first-order valence-electron chi connectivity index (χ1n) is 7.25. The van der Waals surface area contributed by atoms with Crippen molar-refractivity contribution in [2.45, 2.75) is 49.3 Å². The van der Waals surface area contributed by atoms with Crippen LogP contribution in [0.15, 0.2) is 24.3 Å². The molecule has 6 heteroatoms. The minimum Gasteiger partial charge on any atom is -0.392 e. The van der Waals surface area contributed by atoms with E-state index >= 15 is 0 Å². The Morgan fingerprint density at radius 3 is 2.71 bits per heavy atom. The molecule has 0 aromatic heterocycles. The standard InChI is InChI=1S/C15H23NO3S2/c1-20-15-8-3-2-7-14(15)16-21(18,19)11-13-6-4-5-12(9-13)10-17/h4-6,9,14-17H,2-3,7-8,10-11H2,1H3. The molecule has 0 bridgehead atoms. The fourth-order valence-electron chi connectivity index (χ4n) is 2.82. The lowest BCUT2D eigenvalue weighted by Gasteiger charge is -2.30. The Morgan fingerprint density at radius 1 is 1.29 bits per heavy atom. The zero-order chi connectivity index (χ0) is 15.3. The van der Waals surface area contributed by atoms with E-state index in [0.29, 0.717) is 10.8 Å². The van der Waals surface area contributed by atoms with Gasteiger partial charge in [-0.1, -0.05) is 37.1 Å². The van der Waals surface area contributed by atoms with E-state index < -0.39 is 10.0 Å². The minimum atomic E-state index is -3.35. The maximum atomic E-state index is 12.3. The van der Waals surface area contributed by atoms with Gasteiger partial charge in [0.15, 0.2) is 0 Å². The summed E-state index contributed by atoms with van der Waals surface area (Å²) in [5.41, 5.74) is 1.45. The van der Waals surface area contributed by atoms with Crippen molar-refractivity contribution in [3.8, 4) is 0 Å². The van der Waals surface area contributed by atoms with Gasteiger partial charge in [-0.25, -0.2) is 13.1 Å². The van der Waals surface area contributed by atoms with Crippen molar-refractivity contribution in [1.82, 2.24) is 4.72 Å². The largest absolute Gasteiger partial charge is 0.392 e. The molecule has 0 heterocycles. The maximum absolute atomic E-state index is 12.3. The maximum Gasteiger partial charge on any atom is 0.216 e. The van der Waals surface area contributed by atoms with Crippen LogP contribution in [0.25, 0.3) is 0 Å². The molecule has 1 aliphatic rings. The van der Waals surface area contributed by atoms with Gasteiger partial charge in [-0.15, -0.1) is 0 Å². The van der Waals surface area contributed by atoms with Crippen LogP contribution in [0.2, 0.25) is 0 Å². The van der Waals surface area contributed by atoms with Gasteiger partial charge in [0.25, 0.3) is 0 Å². The first-order chi connectivity index (χ1) is 10.0. The molecule has 118 valence electrons. The number of aliphatic hydroxyl groups is 1. The number of thioether (sulfide) groups is 1. The van der Waals surface area contributed by atoms with Gasteiger partial charge in [0.05, 0.1) is 12.4 Å². The van der Waals surface area contributed by atoms with Crippen LogP contribution in [0.5, 0.6) is 0 Å². The summed E-state index contributed by atoms with van der Waals surface area (Å²) in [5, 5.41) is 9.49. The molecule has 1 aromatic rings. The summed E-state index contributed by atoms with van der Waals surface area (Å²) in [6, 6.07) is 7.13. The van der Waals surface area contributed by atoms with Gasteiger partial charge in [-0.3, -0.25) is 0 Å². The molecule has 2 unspecified atom stereocenters. The molecule has 1 fully saturated rings. The van der Waals surface area contributed by atoms with E-state index in [0.717, 1.165) is 24.8 Å². The van der Waals surface area contributed by atoms with Crippen LogP contribution in [0.4, 0.5) is 0 Å². The molecule has 0 spiro atoms. The van der Waals surface area contributed by atoms with E-state index in [9.17, 15) is 8.42 Å². The Kier molecular flexibility index (Phi) is 6.10. The summed E-state index contributed by atoms with van der Waals surface area (Å²) < 4.78 is 27.6. The van der Waals surface area contributed by atoms with Crippen LogP contribution in [0, 0.1) is 0 Å². The molecule has 1 aliphatic carbocycles. The number of aliphatic hydroxyl groups excluding tert-OH is 1. The molecular formula is C15H23NO3S2. The van der Waals surface area contributed by atoms with Crippen molar-refractivity contribution in [1.29, 1.82) is 0 Å². The van der Waals surface area contributed by atoms with Crippen LogP contribution < -0.4 is 4.72 Å². The van der Waals surface area contributed by atoms with Crippen molar-refractivity contribution in [3.05, 3.63) is 35.4 Å². The number of benzene rings is 1. The predicted octanol–water partition coefficient (Wildman–Crippen LogP) is 2.27. The van der Waals surface area contributed by atoms with E-state index in [1.165, 1.54) is 6.42 Å². The second-order valence-corrected chi connectivity index (χ2v) is 8.35. The van der Waals surface area contributed by atoms with Gasteiger partial charge < -0.3 is 5.11 Å². The highest BCUT2D eigenvalue weighted by molar-refractivity contribution is 7.99. The van der Waals surface area contributed by atoms with Gasteiger partial charge >= 0.3 is 0 Å². The fourth-order valence-corrected chi connectivity index (χ4v) is 5.29.